The lowest BCUT2D eigenvalue weighted by atomic mass is 9.33. The van der Waals surface area contributed by atoms with E-state index >= 15 is 0 Å². The van der Waals surface area contributed by atoms with Crippen LogP contribution in [0.5, 0.6) is 11.5 Å². The van der Waals surface area contributed by atoms with E-state index in [1.807, 2.05) is 22.7 Å². The van der Waals surface area contributed by atoms with Crippen LogP contribution in [0.3, 0.4) is 0 Å². The van der Waals surface area contributed by atoms with Crippen LogP contribution in [0.1, 0.15) is 17.5 Å². The second-order valence-corrected chi connectivity index (χ2v) is 19.6. The lowest BCUT2D eigenvalue weighted by molar-refractivity contribution is 0.172. The van der Waals surface area contributed by atoms with Gasteiger partial charge in [0.2, 0.25) is 0 Å². The van der Waals surface area contributed by atoms with Crippen molar-refractivity contribution in [2.24, 2.45) is 0 Å². The summed E-state index contributed by atoms with van der Waals surface area (Å²) in [6.07, 6.45) is 8.14. The summed E-state index contributed by atoms with van der Waals surface area (Å²) in [6.45, 7) is 3.28. The van der Waals surface area contributed by atoms with Crippen LogP contribution in [-0.2, 0) is 0 Å². The van der Waals surface area contributed by atoms with Crippen LogP contribution < -0.4 is 35.7 Å². The van der Waals surface area contributed by atoms with Gasteiger partial charge in [-0.25, -0.2) is 0 Å². The van der Waals surface area contributed by atoms with Gasteiger partial charge in [-0.15, -0.1) is 22.7 Å². The molecule has 64 heavy (non-hydrogen) atoms. The Hall–Kier alpha value is -7.06. The molecule has 0 amide bonds. The van der Waals surface area contributed by atoms with Gasteiger partial charge in [0.25, 0.3) is 6.71 Å². The first kappa shape index (κ1) is 36.4. The Kier molecular flexibility index (Phi) is 7.95. The van der Waals surface area contributed by atoms with Crippen LogP contribution in [0.15, 0.2) is 176 Å². The van der Waals surface area contributed by atoms with Crippen molar-refractivity contribution >= 4 is 120 Å². The van der Waals surface area contributed by atoms with Gasteiger partial charge in [0.1, 0.15) is 13.2 Å². The van der Waals surface area contributed by atoms with Crippen molar-refractivity contribution in [3.05, 3.63) is 187 Å². The molecule has 10 aromatic rings. The Morgan fingerprint density at radius 2 is 1.14 bits per heavy atom. The molecule has 1 atom stereocenters. The molecule has 1 unspecified atom stereocenters. The van der Waals surface area contributed by atoms with Crippen molar-refractivity contribution in [3.63, 3.8) is 0 Å². The molecule has 0 spiro atoms. The normalized spacial score (nSPS) is 16.0. The minimum atomic E-state index is -0.0395. The Balaban J connectivity index is 0.953. The van der Waals surface area contributed by atoms with Crippen molar-refractivity contribution in [3.8, 4) is 22.6 Å². The number of rotatable bonds is 4. The number of fused-ring (bicyclic) bond motifs is 11. The quantitative estimate of drug-likeness (QED) is 0.165. The van der Waals surface area contributed by atoms with Crippen LogP contribution in [-0.4, -0.2) is 26.0 Å². The molecule has 0 fully saturated rings. The van der Waals surface area contributed by atoms with Gasteiger partial charge in [-0.1, -0.05) is 109 Å². The summed E-state index contributed by atoms with van der Waals surface area (Å²) in [4.78, 5) is 5.10. The highest BCUT2D eigenvalue weighted by molar-refractivity contribution is 7.26. The van der Waals surface area contributed by atoms with Crippen molar-refractivity contribution in [1.82, 2.24) is 0 Å². The van der Waals surface area contributed by atoms with Crippen molar-refractivity contribution < 1.29 is 9.47 Å². The molecule has 4 nitrogen and oxygen atoms in total. The zero-order valence-electron chi connectivity index (χ0n) is 35.0. The number of hydrogen-bond donors (Lipinski definition) is 0. The Bertz CT molecular complexity index is 3660. The second kappa shape index (κ2) is 14.0. The number of hydrogen-bond acceptors (Lipinski definition) is 6. The van der Waals surface area contributed by atoms with E-state index in [9.17, 15) is 0 Å². The average molecular weight is 859 g/mol. The molecule has 5 heterocycles. The Morgan fingerprint density at radius 1 is 0.531 bits per heavy atom. The number of benzene rings is 8. The van der Waals surface area contributed by atoms with E-state index in [-0.39, 0.29) is 12.8 Å². The molecule has 3 aliphatic heterocycles. The zero-order chi connectivity index (χ0) is 42.0. The van der Waals surface area contributed by atoms with Crippen LogP contribution >= 0.6 is 22.7 Å². The summed E-state index contributed by atoms with van der Waals surface area (Å²) in [5, 5.41) is 5.31. The summed E-state index contributed by atoms with van der Waals surface area (Å²) >= 11 is 3.76. The third-order valence-electron chi connectivity index (χ3n) is 13.8. The highest BCUT2D eigenvalue weighted by atomic mass is 32.1. The average Bonchev–Trinajstić information content (AvgIpc) is 3.91. The molecule has 0 saturated heterocycles. The standard InChI is InChI=1S/C57H39BN2O2S2/c1-34-27-49-57-50(28-34)60(39-9-3-2-4-10-39)48-33-52-51(61-25-26-62-52)32-46(48)58(57)45-29-36(38-18-23-44-42-12-6-8-14-54(42)64-56(44)31-38)19-24-47(45)59(49)40-20-15-35(16-21-40)37-17-22-43-41-11-5-7-13-53(41)63-55(43)30-37/h2-20,22-24,27-33,40H,21,25-26H2,1H3. The summed E-state index contributed by atoms with van der Waals surface area (Å²) in [6, 6.07) is 59.0. The summed E-state index contributed by atoms with van der Waals surface area (Å²) < 4.78 is 18.0. The first-order valence-corrected chi connectivity index (χ1v) is 23.8. The van der Waals surface area contributed by atoms with Crippen molar-refractivity contribution in [2.75, 3.05) is 23.0 Å². The van der Waals surface area contributed by atoms with Crippen LogP contribution in [0, 0.1) is 6.92 Å². The van der Waals surface area contributed by atoms with E-state index in [1.54, 1.807) is 0 Å². The van der Waals surface area contributed by atoms with Gasteiger partial charge >= 0.3 is 0 Å². The third-order valence-corrected chi connectivity index (χ3v) is 16.0. The largest absolute Gasteiger partial charge is 0.486 e. The van der Waals surface area contributed by atoms with E-state index in [2.05, 4.69) is 193 Å². The van der Waals surface area contributed by atoms with Gasteiger partial charge in [-0.3, -0.25) is 0 Å². The Morgan fingerprint density at radius 3 is 1.88 bits per heavy atom. The topological polar surface area (TPSA) is 24.9 Å². The maximum atomic E-state index is 6.36. The first-order chi connectivity index (χ1) is 31.6. The number of anilines is 5. The molecular weight excluding hydrogens is 820 g/mol. The smallest absolute Gasteiger partial charge is 0.252 e. The van der Waals surface area contributed by atoms with E-state index in [1.165, 1.54) is 102 Å². The molecule has 1 aliphatic carbocycles. The van der Waals surface area contributed by atoms with E-state index in [0.717, 1.165) is 29.3 Å². The van der Waals surface area contributed by atoms with E-state index in [0.29, 0.717) is 13.2 Å². The first-order valence-electron chi connectivity index (χ1n) is 22.2. The van der Waals surface area contributed by atoms with Gasteiger partial charge in [0, 0.05) is 74.8 Å². The number of nitrogens with zero attached hydrogens (tertiary/aromatic N) is 2. The fraction of sp³-hybridized carbons (Fsp3) is 0.0877. The molecule has 7 heteroatoms. The number of aryl methyl sites for hydroxylation is 1. The molecule has 0 bridgehead atoms. The van der Waals surface area contributed by atoms with Gasteiger partial charge < -0.3 is 19.3 Å². The predicted molar refractivity (Wildman–Crippen MR) is 273 cm³/mol. The van der Waals surface area contributed by atoms with Crippen LogP contribution in [0.4, 0.5) is 28.4 Å². The third kappa shape index (κ3) is 5.47. The minimum Gasteiger partial charge on any atom is -0.486 e. The fourth-order valence-corrected chi connectivity index (χ4v) is 13.2. The van der Waals surface area contributed by atoms with Gasteiger partial charge in [0.15, 0.2) is 11.5 Å². The number of ether oxygens (including phenoxy) is 2. The van der Waals surface area contributed by atoms with Gasteiger partial charge in [0.05, 0.1) is 6.04 Å². The molecule has 304 valence electrons. The summed E-state index contributed by atoms with van der Waals surface area (Å²) in [5.74, 6) is 1.61. The minimum absolute atomic E-state index is 0.0395. The van der Waals surface area contributed by atoms with E-state index < -0.39 is 0 Å². The molecule has 4 aliphatic rings. The molecule has 0 radical (unpaired) electrons. The van der Waals surface area contributed by atoms with Crippen LogP contribution in [0.2, 0.25) is 0 Å². The Labute approximate surface area is 379 Å². The number of thiophene rings is 2. The monoisotopic (exact) mass is 858 g/mol. The predicted octanol–water partition coefficient (Wildman–Crippen LogP) is 13.3. The highest BCUT2D eigenvalue weighted by Crippen LogP contribution is 2.47. The lowest BCUT2D eigenvalue weighted by Crippen LogP contribution is -2.62. The lowest BCUT2D eigenvalue weighted by Gasteiger charge is -2.46. The van der Waals surface area contributed by atoms with Gasteiger partial charge in [-0.05, 0) is 118 Å². The summed E-state index contributed by atoms with van der Waals surface area (Å²) in [5.41, 5.74) is 16.0. The molecule has 0 N–H and O–H groups in total. The maximum absolute atomic E-state index is 6.36. The fourth-order valence-electron chi connectivity index (χ4n) is 10.9. The SMILES string of the molecule is Cc1cc2c3c(c1)N(C1C=CC(c4ccc5c(c4)sc4ccccc45)=CC1)c1ccc(-c4ccc5c(c4)sc4ccccc45)cc1B3c1cc3c(cc1N2c1ccccc1)OCCO3. The van der Waals surface area contributed by atoms with Crippen molar-refractivity contribution in [2.45, 2.75) is 19.4 Å². The molecule has 2 aromatic heterocycles. The molecule has 14 rings (SSSR count). The molecule has 0 saturated carbocycles. The van der Waals surface area contributed by atoms with Crippen molar-refractivity contribution in [1.29, 1.82) is 0 Å². The van der Waals surface area contributed by atoms with Crippen LogP contribution in [0.25, 0.3) is 57.0 Å². The number of para-hydroxylation sites is 1. The second-order valence-electron chi connectivity index (χ2n) is 17.5. The summed E-state index contributed by atoms with van der Waals surface area (Å²) in [7, 11) is 0. The maximum Gasteiger partial charge on any atom is 0.252 e. The zero-order valence-corrected chi connectivity index (χ0v) is 36.7. The molecular formula is C57H39BN2O2S2. The van der Waals surface area contributed by atoms with E-state index in [4.69, 9.17) is 9.47 Å². The highest BCUT2D eigenvalue weighted by Gasteiger charge is 2.45. The van der Waals surface area contributed by atoms with Gasteiger partial charge in [-0.2, -0.15) is 0 Å². The number of allylic oxidation sites excluding steroid dienone is 2. The molecule has 8 aromatic carbocycles.